The number of aromatic nitrogens is 2. The van der Waals surface area contributed by atoms with Crippen molar-refractivity contribution >= 4 is 23.1 Å². The van der Waals surface area contributed by atoms with Gasteiger partial charge in [-0.1, -0.05) is 16.8 Å². The van der Waals surface area contributed by atoms with Gasteiger partial charge >= 0.3 is 0 Å². The first-order valence-electron chi connectivity index (χ1n) is 7.19. The van der Waals surface area contributed by atoms with Gasteiger partial charge in [0, 0.05) is 29.6 Å². The maximum atomic E-state index is 6.25. The van der Waals surface area contributed by atoms with Crippen LogP contribution in [0.3, 0.4) is 0 Å². The summed E-state index contributed by atoms with van der Waals surface area (Å²) < 4.78 is 4.84. The predicted octanol–water partition coefficient (Wildman–Crippen LogP) is 4.20. The van der Waals surface area contributed by atoms with Gasteiger partial charge < -0.3 is 15.6 Å². The van der Waals surface area contributed by atoms with Crippen molar-refractivity contribution < 1.29 is 4.52 Å². The molecule has 118 valence electrons. The smallest absolute Gasteiger partial charge is 0.128 e. The zero-order valence-corrected chi connectivity index (χ0v) is 13.7. The first-order chi connectivity index (χ1) is 11.0. The second-order valence-electron chi connectivity index (χ2n) is 5.46. The second-order valence-corrected chi connectivity index (χ2v) is 5.87. The molecule has 0 radical (unpaired) electrons. The van der Waals surface area contributed by atoms with Crippen LogP contribution in [-0.2, 0) is 6.54 Å². The molecule has 0 aliphatic carbocycles. The van der Waals surface area contributed by atoms with E-state index in [9.17, 15) is 0 Å². The van der Waals surface area contributed by atoms with Crippen molar-refractivity contribution in [3.8, 4) is 11.1 Å². The highest BCUT2D eigenvalue weighted by molar-refractivity contribution is 6.33. The lowest BCUT2D eigenvalue weighted by Crippen LogP contribution is -2.02. The van der Waals surface area contributed by atoms with E-state index >= 15 is 0 Å². The van der Waals surface area contributed by atoms with Gasteiger partial charge in [0.1, 0.15) is 12.1 Å². The molecule has 0 aliphatic rings. The van der Waals surface area contributed by atoms with Gasteiger partial charge in [0.25, 0.3) is 0 Å². The van der Waals surface area contributed by atoms with E-state index in [1.165, 1.54) is 0 Å². The lowest BCUT2D eigenvalue weighted by atomic mass is 9.99. The van der Waals surface area contributed by atoms with Crippen molar-refractivity contribution in [1.29, 1.82) is 0 Å². The maximum absolute atomic E-state index is 6.25. The zero-order valence-electron chi connectivity index (χ0n) is 12.9. The highest BCUT2D eigenvalue weighted by atomic mass is 35.5. The Hall–Kier alpha value is -2.53. The molecule has 0 saturated carbocycles. The third-order valence-electron chi connectivity index (χ3n) is 3.67. The number of nitrogens with zero attached hydrogens (tertiary/aromatic N) is 2. The number of anilines is 2. The molecule has 0 saturated heterocycles. The SMILES string of the molecule is Cc1cc(-c2cc(N)ncc2Cl)cc(C)c1NCc1cnoc1. The summed E-state index contributed by atoms with van der Waals surface area (Å²) in [6.07, 6.45) is 4.91. The van der Waals surface area contributed by atoms with Gasteiger partial charge in [0.05, 0.1) is 11.2 Å². The average molecular weight is 329 g/mol. The summed E-state index contributed by atoms with van der Waals surface area (Å²) in [5.41, 5.74) is 12.0. The van der Waals surface area contributed by atoms with Crippen LogP contribution in [0.1, 0.15) is 16.7 Å². The molecule has 5 nitrogen and oxygen atoms in total. The van der Waals surface area contributed by atoms with E-state index in [1.54, 1.807) is 24.7 Å². The lowest BCUT2D eigenvalue weighted by Gasteiger charge is -2.15. The first-order valence-corrected chi connectivity index (χ1v) is 7.57. The number of hydrogen-bond donors (Lipinski definition) is 2. The quantitative estimate of drug-likeness (QED) is 0.750. The fourth-order valence-electron chi connectivity index (χ4n) is 2.58. The first kappa shape index (κ1) is 15.4. The number of aryl methyl sites for hydroxylation is 2. The molecule has 3 rings (SSSR count). The highest BCUT2D eigenvalue weighted by Crippen LogP contribution is 2.33. The summed E-state index contributed by atoms with van der Waals surface area (Å²) in [6.45, 7) is 4.78. The van der Waals surface area contributed by atoms with Crippen molar-refractivity contribution in [2.75, 3.05) is 11.1 Å². The molecule has 23 heavy (non-hydrogen) atoms. The number of rotatable bonds is 4. The van der Waals surface area contributed by atoms with Gasteiger partial charge in [0.15, 0.2) is 0 Å². The van der Waals surface area contributed by atoms with Crippen LogP contribution < -0.4 is 11.1 Å². The molecule has 0 aliphatic heterocycles. The number of hydrogen-bond acceptors (Lipinski definition) is 5. The van der Waals surface area contributed by atoms with Gasteiger partial charge in [-0.05, 0) is 48.7 Å². The Morgan fingerprint density at radius 2 is 1.91 bits per heavy atom. The topological polar surface area (TPSA) is 77.0 Å². The summed E-state index contributed by atoms with van der Waals surface area (Å²) in [6, 6.07) is 5.97. The highest BCUT2D eigenvalue weighted by Gasteiger charge is 2.10. The van der Waals surface area contributed by atoms with Crippen molar-refractivity contribution in [2.45, 2.75) is 20.4 Å². The molecule has 0 fully saturated rings. The van der Waals surface area contributed by atoms with Crippen LogP contribution in [0.2, 0.25) is 5.02 Å². The molecule has 1 aromatic carbocycles. The predicted molar refractivity (Wildman–Crippen MR) is 92.4 cm³/mol. The van der Waals surface area contributed by atoms with Crippen LogP contribution in [-0.4, -0.2) is 10.1 Å². The van der Waals surface area contributed by atoms with Crippen molar-refractivity contribution in [2.24, 2.45) is 0 Å². The van der Waals surface area contributed by atoms with Gasteiger partial charge in [-0.3, -0.25) is 0 Å². The van der Waals surface area contributed by atoms with Gasteiger partial charge in [-0.15, -0.1) is 0 Å². The van der Waals surface area contributed by atoms with E-state index in [0.717, 1.165) is 33.5 Å². The number of pyridine rings is 1. The lowest BCUT2D eigenvalue weighted by molar-refractivity contribution is 0.419. The van der Waals surface area contributed by atoms with E-state index in [-0.39, 0.29) is 0 Å². The van der Waals surface area contributed by atoms with Gasteiger partial charge in [-0.2, -0.15) is 0 Å². The molecule has 0 atom stereocenters. The average Bonchev–Trinajstić information content (AvgIpc) is 3.02. The molecule has 2 aromatic heterocycles. The minimum absolute atomic E-state index is 0.453. The van der Waals surface area contributed by atoms with E-state index < -0.39 is 0 Å². The van der Waals surface area contributed by atoms with Crippen LogP contribution in [0, 0.1) is 13.8 Å². The van der Waals surface area contributed by atoms with Crippen LogP contribution in [0.15, 0.2) is 41.4 Å². The standard InChI is InChI=1S/C17H17ClN4O/c1-10-3-13(14-5-16(19)20-8-15(14)18)4-11(2)17(10)21-6-12-7-22-23-9-12/h3-5,7-9,21H,6H2,1-2H3,(H2,19,20). The summed E-state index contributed by atoms with van der Waals surface area (Å²) >= 11 is 6.25. The van der Waals surface area contributed by atoms with Crippen LogP contribution >= 0.6 is 11.6 Å². The van der Waals surface area contributed by atoms with E-state index in [0.29, 0.717) is 17.4 Å². The number of benzene rings is 1. The summed E-state index contributed by atoms with van der Waals surface area (Å²) in [5.74, 6) is 0.453. The molecule has 2 heterocycles. The molecule has 0 spiro atoms. The maximum Gasteiger partial charge on any atom is 0.128 e. The fraction of sp³-hybridized carbons (Fsp3) is 0.176. The molecular formula is C17H17ClN4O. The normalized spacial score (nSPS) is 10.7. The second kappa shape index (κ2) is 6.30. The Morgan fingerprint density at radius 1 is 1.17 bits per heavy atom. The van der Waals surface area contributed by atoms with Crippen molar-refractivity contribution in [3.05, 3.63) is 58.6 Å². The van der Waals surface area contributed by atoms with E-state index in [1.807, 2.05) is 0 Å². The molecule has 0 bridgehead atoms. The minimum atomic E-state index is 0.453. The minimum Gasteiger partial charge on any atom is -0.384 e. The Kier molecular flexibility index (Phi) is 4.21. The van der Waals surface area contributed by atoms with Gasteiger partial charge in [-0.25, -0.2) is 4.98 Å². The van der Waals surface area contributed by atoms with Crippen molar-refractivity contribution in [1.82, 2.24) is 10.1 Å². The fourth-order valence-corrected chi connectivity index (χ4v) is 2.79. The molecule has 3 aromatic rings. The Labute approximate surface area is 139 Å². The van der Waals surface area contributed by atoms with Gasteiger partial charge in [0.2, 0.25) is 0 Å². The third-order valence-corrected chi connectivity index (χ3v) is 3.97. The zero-order chi connectivity index (χ0) is 16.4. The molecule has 3 N–H and O–H groups in total. The molecule has 0 unspecified atom stereocenters. The van der Waals surface area contributed by atoms with E-state index in [4.69, 9.17) is 21.9 Å². The number of nitrogens with two attached hydrogens (primary N) is 1. The summed E-state index contributed by atoms with van der Waals surface area (Å²) in [7, 11) is 0. The number of halogens is 1. The molecule has 6 heteroatoms. The third kappa shape index (κ3) is 3.29. The number of nitrogens with one attached hydrogen (secondary N) is 1. The van der Waals surface area contributed by atoms with Crippen LogP contribution in [0.5, 0.6) is 0 Å². The Balaban J connectivity index is 1.92. The molecular weight excluding hydrogens is 312 g/mol. The van der Waals surface area contributed by atoms with Crippen LogP contribution in [0.25, 0.3) is 11.1 Å². The largest absolute Gasteiger partial charge is 0.384 e. The monoisotopic (exact) mass is 328 g/mol. The molecule has 0 amide bonds. The van der Waals surface area contributed by atoms with Crippen molar-refractivity contribution in [3.63, 3.8) is 0 Å². The van der Waals surface area contributed by atoms with E-state index in [2.05, 4.69) is 41.4 Å². The Morgan fingerprint density at radius 3 is 2.57 bits per heavy atom. The Bertz CT molecular complexity index is 808. The summed E-state index contributed by atoms with van der Waals surface area (Å²) in [5, 5.41) is 7.71. The number of nitrogen functional groups attached to an aromatic ring is 1. The summed E-state index contributed by atoms with van der Waals surface area (Å²) in [4.78, 5) is 4.00. The van der Waals surface area contributed by atoms with Crippen LogP contribution in [0.4, 0.5) is 11.5 Å².